The number of ether oxygens (including phenoxy) is 1. The average molecular weight is 244 g/mol. The SMILES string of the molecule is COc1c(C)c(C)cc(C)c1C.NS(=O)[O-]. The molecule has 0 heterocycles. The summed E-state index contributed by atoms with van der Waals surface area (Å²) in [6, 6.07) is 2.20. The maximum Gasteiger partial charge on any atom is 0.125 e. The van der Waals surface area contributed by atoms with E-state index in [9.17, 15) is 0 Å². The van der Waals surface area contributed by atoms with Crippen molar-refractivity contribution in [2.45, 2.75) is 27.7 Å². The number of hydrogen-bond donors (Lipinski definition) is 1. The Balaban J connectivity index is 0.000000487. The quantitative estimate of drug-likeness (QED) is 0.763. The number of hydrogen-bond acceptors (Lipinski definition) is 3. The molecule has 0 spiro atoms. The molecule has 0 bridgehead atoms. The van der Waals surface area contributed by atoms with Crippen LogP contribution in [0, 0.1) is 27.7 Å². The van der Waals surface area contributed by atoms with E-state index in [1.165, 1.54) is 22.3 Å². The van der Waals surface area contributed by atoms with Crippen LogP contribution in [0.25, 0.3) is 0 Å². The predicted octanol–water partition coefficient (Wildman–Crippen LogP) is 1.67. The van der Waals surface area contributed by atoms with Gasteiger partial charge in [0.1, 0.15) is 5.75 Å². The van der Waals surface area contributed by atoms with Crippen LogP contribution in [0.5, 0.6) is 5.75 Å². The fraction of sp³-hybridized carbons (Fsp3) is 0.455. The molecule has 92 valence electrons. The molecule has 0 aliphatic carbocycles. The first-order chi connectivity index (χ1) is 7.31. The molecule has 0 amide bonds. The molecule has 1 atom stereocenters. The van der Waals surface area contributed by atoms with Gasteiger partial charge in [0.25, 0.3) is 0 Å². The van der Waals surface area contributed by atoms with E-state index in [1.54, 1.807) is 7.11 Å². The summed E-state index contributed by atoms with van der Waals surface area (Å²) < 4.78 is 22.9. The van der Waals surface area contributed by atoms with Gasteiger partial charge in [0.05, 0.1) is 7.11 Å². The minimum absolute atomic E-state index is 1.03. The van der Waals surface area contributed by atoms with Gasteiger partial charge < -0.3 is 9.29 Å². The highest BCUT2D eigenvalue weighted by Gasteiger charge is 2.07. The second-order valence-corrected chi connectivity index (χ2v) is 4.08. The summed E-state index contributed by atoms with van der Waals surface area (Å²) in [7, 11) is 1.73. The predicted molar refractivity (Wildman–Crippen MR) is 65.0 cm³/mol. The summed E-state index contributed by atoms with van der Waals surface area (Å²) in [6.45, 7) is 8.43. The molecule has 0 aromatic heterocycles. The Morgan fingerprint density at radius 3 is 1.75 bits per heavy atom. The first-order valence-electron chi connectivity index (χ1n) is 4.76. The Labute approximate surface area is 99.2 Å². The van der Waals surface area contributed by atoms with Gasteiger partial charge >= 0.3 is 0 Å². The van der Waals surface area contributed by atoms with Crippen LogP contribution in [0.2, 0.25) is 0 Å². The summed E-state index contributed by atoms with van der Waals surface area (Å²) in [5, 5.41) is 4.03. The van der Waals surface area contributed by atoms with Gasteiger partial charge in [0, 0.05) is 11.3 Å². The molecule has 0 fully saturated rings. The van der Waals surface area contributed by atoms with E-state index in [2.05, 4.69) is 38.9 Å². The second-order valence-electron chi connectivity index (χ2n) is 3.55. The van der Waals surface area contributed by atoms with Gasteiger partial charge in [-0.15, -0.1) is 0 Å². The van der Waals surface area contributed by atoms with E-state index in [-0.39, 0.29) is 0 Å². The Morgan fingerprint density at radius 1 is 1.19 bits per heavy atom. The number of rotatable bonds is 1. The lowest BCUT2D eigenvalue weighted by molar-refractivity contribution is 0.407. The number of methoxy groups -OCH3 is 1. The second kappa shape index (κ2) is 6.62. The minimum atomic E-state index is -2.36. The Hall–Kier alpha value is -0.910. The Kier molecular flexibility index (Phi) is 6.25. The normalized spacial score (nSPS) is 11.4. The van der Waals surface area contributed by atoms with Crippen LogP contribution in [0.4, 0.5) is 0 Å². The molecule has 0 aliphatic heterocycles. The third-order valence-electron chi connectivity index (χ3n) is 2.50. The van der Waals surface area contributed by atoms with E-state index >= 15 is 0 Å². The van der Waals surface area contributed by atoms with Gasteiger partial charge in [-0.2, -0.15) is 0 Å². The largest absolute Gasteiger partial charge is 0.760 e. The Morgan fingerprint density at radius 2 is 1.50 bits per heavy atom. The zero-order valence-electron chi connectivity index (χ0n) is 10.3. The van der Waals surface area contributed by atoms with Crippen LogP contribution < -0.4 is 9.88 Å². The van der Waals surface area contributed by atoms with Crippen LogP contribution in [-0.2, 0) is 11.3 Å². The van der Waals surface area contributed by atoms with E-state index in [4.69, 9.17) is 13.5 Å². The lowest BCUT2D eigenvalue weighted by Crippen LogP contribution is -1.97. The monoisotopic (exact) mass is 244 g/mol. The highest BCUT2D eigenvalue weighted by Crippen LogP contribution is 2.28. The van der Waals surface area contributed by atoms with E-state index in [0.717, 1.165) is 5.75 Å². The number of benzene rings is 1. The summed E-state index contributed by atoms with van der Waals surface area (Å²) in [4.78, 5) is 0. The first-order valence-corrected chi connectivity index (χ1v) is 5.90. The van der Waals surface area contributed by atoms with Crippen molar-refractivity contribution in [2.24, 2.45) is 5.14 Å². The molecule has 2 N–H and O–H groups in total. The van der Waals surface area contributed by atoms with Gasteiger partial charge in [0.2, 0.25) is 0 Å². The lowest BCUT2D eigenvalue weighted by atomic mass is 10.0. The van der Waals surface area contributed by atoms with Crippen LogP contribution >= 0.6 is 0 Å². The topological polar surface area (TPSA) is 75.4 Å². The molecule has 5 heteroatoms. The molecular weight excluding hydrogens is 226 g/mol. The highest BCUT2D eigenvalue weighted by atomic mass is 32.2. The van der Waals surface area contributed by atoms with Crippen LogP contribution in [0.15, 0.2) is 6.07 Å². The molecule has 1 unspecified atom stereocenters. The van der Waals surface area contributed by atoms with Crippen molar-refractivity contribution in [3.63, 3.8) is 0 Å². The third kappa shape index (κ3) is 4.30. The summed E-state index contributed by atoms with van der Waals surface area (Å²) in [5.74, 6) is 1.03. The molecule has 1 aromatic rings. The fourth-order valence-electron chi connectivity index (χ4n) is 1.49. The molecule has 1 aromatic carbocycles. The van der Waals surface area contributed by atoms with Gasteiger partial charge in [0.15, 0.2) is 0 Å². The molecule has 0 radical (unpaired) electrons. The maximum absolute atomic E-state index is 8.78. The van der Waals surface area contributed by atoms with Crippen molar-refractivity contribution < 1.29 is 13.5 Å². The summed E-state index contributed by atoms with van der Waals surface area (Å²) in [6.07, 6.45) is 0. The smallest absolute Gasteiger partial charge is 0.125 e. The molecule has 0 aliphatic rings. The van der Waals surface area contributed by atoms with Crippen molar-refractivity contribution in [2.75, 3.05) is 7.11 Å². The molecule has 0 saturated heterocycles. The van der Waals surface area contributed by atoms with Crippen LogP contribution in [-0.4, -0.2) is 15.9 Å². The standard InChI is InChI=1S/C11H16O.H3NO2S/c1-7-6-8(2)10(4)11(12-5)9(7)3;1-4(2)3/h6H,1-5H3;1H2,(H,2,3)/p-1. The minimum Gasteiger partial charge on any atom is -0.760 e. The van der Waals surface area contributed by atoms with Crippen LogP contribution in [0.1, 0.15) is 22.3 Å². The fourth-order valence-corrected chi connectivity index (χ4v) is 1.49. The molecular formula is C11H18NO3S-. The van der Waals surface area contributed by atoms with E-state index in [1.807, 2.05) is 0 Å². The van der Waals surface area contributed by atoms with E-state index in [0.29, 0.717) is 0 Å². The summed E-state index contributed by atoms with van der Waals surface area (Å²) >= 11 is -2.36. The van der Waals surface area contributed by atoms with Crippen LogP contribution in [0.3, 0.4) is 0 Å². The van der Waals surface area contributed by atoms with Crippen molar-refractivity contribution in [1.29, 1.82) is 0 Å². The van der Waals surface area contributed by atoms with Crippen molar-refractivity contribution in [3.8, 4) is 5.75 Å². The molecule has 4 nitrogen and oxygen atoms in total. The average Bonchev–Trinajstić information content (AvgIpc) is 2.15. The molecule has 1 rings (SSSR count). The van der Waals surface area contributed by atoms with Gasteiger partial charge in [-0.25, -0.2) is 0 Å². The molecule has 16 heavy (non-hydrogen) atoms. The highest BCUT2D eigenvalue weighted by molar-refractivity contribution is 7.76. The van der Waals surface area contributed by atoms with Gasteiger partial charge in [-0.05, 0) is 49.9 Å². The van der Waals surface area contributed by atoms with E-state index < -0.39 is 11.3 Å². The van der Waals surface area contributed by atoms with Crippen molar-refractivity contribution in [3.05, 3.63) is 28.3 Å². The zero-order chi connectivity index (χ0) is 12.9. The number of aryl methyl sites for hydroxylation is 2. The van der Waals surface area contributed by atoms with Gasteiger partial charge in [-0.3, -0.25) is 9.35 Å². The Bertz CT molecular complexity index is 361. The van der Waals surface area contributed by atoms with Crippen molar-refractivity contribution >= 4 is 11.3 Å². The number of nitrogens with two attached hydrogens (primary N) is 1. The lowest BCUT2D eigenvalue weighted by Gasteiger charge is -2.13. The third-order valence-corrected chi connectivity index (χ3v) is 2.50. The summed E-state index contributed by atoms with van der Waals surface area (Å²) in [5.41, 5.74) is 5.10. The maximum atomic E-state index is 8.78. The van der Waals surface area contributed by atoms with Gasteiger partial charge in [-0.1, -0.05) is 6.07 Å². The molecule has 0 saturated carbocycles. The first kappa shape index (κ1) is 15.1. The van der Waals surface area contributed by atoms with Crippen molar-refractivity contribution in [1.82, 2.24) is 0 Å². The zero-order valence-corrected chi connectivity index (χ0v) is 11.1.